The molecule has 1 amide bonds. The first-order valence-electron chi connectivity index (χ1n) is 6.48. The predicted octanol–water partition coefficient (Wildman–Crippen LogP) is 2.91. The third kappa shape index (κ3) is 5.00. The van der Waals surface area contributed by atoms with Crippen molar-refractivity contribution in [3.05, 3.63) is 70.7 Å². The predicted molar refractivity (Wildman–Crippen MR) is 92.6 cm³/mol. The molecule has 0 aliphatic carbocycles. The van der Waals surface area contributed by atoms with Gasteiger partial charge >= 0.3 is 144 Å². The van der Waals surface area contributed by atoms with Gasteiger partial charge in [0.2, 0.25) is 0 Å². The topological polar surface area (TPSA) is 20.3 Å². The minimum atomic E-state index is -0.593. The summed E-state index contributed by atoms with van der Waals surface area (Å²) >= 11 is 2.86. The summed E-state index contributed by atoms with van der Waals surface area (Å²) in [5.74, 6) is 0.0361. The van der Waals surface area contributed by atoms with Gasteiger partial charge < -0.3 is 0 Å². The van der Waals surface area contributed by atoms with E-state index in [0.717, 1.165) is 13.7 Å². The molecule has 0 N–H and O–H groups in total. The number of nitrogens with zero attached hydrogens (tertiary/aromatic N) is 1. The van der Waals surface area contributed by atoms with E-state index in [0.29, 0.717) is 0 Å². The Morgan fingerprint density at radius 3 is 2.24 bits per heavy atom. The molecule has 0 atom stereocenters. The summed E-state index contributed by atoms with van der Waals surface area (Å²) in [5, 5.41) is 0. The number of hydrogen-bond acceptors (Lipinski definition) is 1. The van der Waals surface area contributed by atoms with Gasteiger partial charge in [0.05, 0.1) is 0 Å². The Labute approximate surface area is 144 Å². The van der Waals surface area contributed by atoms with E-state index in [1.807, 2.05) is 30.3 Å². The Hall–Kier alpha value is -1.08. The number of carbonyl (C=O) groups is 1. The third-order valence-corrected chi connectivity index (χ3v) is 6.41. The fraction of sp³-hybridized carbons (Fsp3) is 0.118. The average molecular weight is 458 g/mol. The van der Waals surface area contributed by atoms with E-state index in [2.05, 4.69) is 40.2 Å². The normalized spacial score (nSPS) is 11.3. The molecule has 0 spiro atoms. The maximum absolute atomic E-state index is 12.0. The van der Waals surface area contributed by atoms with Crippen molar-refractivity contribution in [2.75, 3.05) is 14.1 Å². The number of benzene rings is 2. The Kier molecular flexibility index (Phi) is 6.05. The molecule has 0 saturated carbocycles. The summed E-state index contributed by atoms with van der Waals surface area (Å²) in [6.07, 6.45) is 1.78. The number of carbonyl (C=O) groups excluding carboxylic acids is 1. The van der Waals surface area contributed by atoms with Crippen LogP contribution in [0.4, 0.5) is 0 Å². The van der Waals surface area contributed by atoms with Crippen LogP contribution in [0.15, 0.2) is 65.1 Å². The molecule has 2 aromatic carbocycles. The van der Waals surface area contributed by atoms with Crippen molar-refractivity contribution < 1.29 is 4.79 Å². The zero-order chi connectivity index (χ0) is 15.2. The van der Waals surface area contributed by atoms with Crippen LogP contribution in [0.25, 0.3) is 3.62 Å². The van der Waals surface area contributed by atoms with Crippen LogP contribution in [0.3, 0.4) is 0 Å². The van der Waals surface area contributed by atoms with Gasteiger partial charge in [-0.3, -0.25) is 0 Å². The van der Waals surface area contributed by atoms with E-state index in [-0.39, 0.29) is 5.91 Å². The van der Waals surface area contributed by atoms with Gasteiger partial charge in [-0.1, -0.05) is 0 Å². The summed E-state index contributed by atoms with van der Waals surface area (Å²) in [5.41, 5.74) is 1.12. The number of likely N-dealkylation sites (N-methyl/N-ethyl adjacent to an activating group) is 1. The minimum absolute atomic E-state index is 0.0361. The van der Waals surface area contributed by atoms with Crippen LogP contribution in [-0.4, -0.2) is 45.8 Å². The first-order chi connectivity index (χ1) is 10.1. The molecule has 21 heavy (non-hydrogen) atoms. The van der Waals surface area contributed by atoms with E-state index in [1.165, 1.54) is 3.61 Å². The average Bonchev–Trinajstić information content (AvgIpc) is 2.48. The SMILES string of the molecule is CN(C)C(=O)/C=C(\[Te]c1ccccc1)c1ccc(Br)cc1. The molecule has 0 aliphatic heterocycles. The van der Waals surface area contributed by atoms with E-state index in [4.69, 9.17) is 0 Å². The molecule has 0 aliphatic rings. The molecule has 0 bridgehead atoms. The van der Waals surface area contributed by atoms with Gasteiger partial charge in [-0.2, -0.15) is 0 Å². The molecule has 0 fully saturated rings. The summed E-state index contributed by atoms with van der Waals surface area (Å²) in [6, 6.07) is 18.5. The van der Waals surface area contributed by atoms with Gasteiger partial charge in [0.1, 0.15) is 0 Å². The molecule has 4 heteroatoms. The fourth-order valence-corrected chi connectivity index (χ4v) is 4.65. The standard InChI is InChI=1S/C17H16BrNOTe/c1-19(2)17(20)12-16(13-8-10-14(18)11-9-13)21-15-6-4-3-5-7-15/h3-12H,1-2H3/b16-12-. The van der Waals surface area contributed by atoms with Gasteiger partial charge in [-0.25, -0.2) is 0 Å². The third-order valence-electron chi connectivity index (χ3n) is 2.80. The van der Waals surface area contributed by atoms with Crippen LogP contribution in [-0.2, 0) is 4.79 Å². The van der Waals surface area contributed by atoms with Gasteiger partial charge in [0, 0.05) is 0 Å². The Morgan fingerprint density at radius 1 is 1.05 bits per heavy atom. The molecule has 0 radical (unpaired) electrons. The maximum atomic E-state index is 12.0. The second kappa shape index (κ2) is 7.79. The molecular weight excluding hydrogens is 442 g/mol. The van der Waals surface area contributed by atoms with Crippen molar-refractivity contribution in [3.8, 4) is 0 Å². The molecule has 2 aromatic rings. The number of amides is 1. The number of rotatable bonds is 4. The summed E-state index contributed by atoms with van der Waals surface area (Å²) < 4.78 is 3.52. The van der Waals surface area contributed by atoms with Gasteiger partial charge in [-0.15, -0.1) is 0 Å². The van der Waals surface area contributed by atoms with Crippen LogP contribution >= 0.6 is 15.9 Å². The molecule has 2 rings (SSSR count). The quantitative estimate of drug-likeness (QED) is 0.511. The second-order valence-electron chi connectivity index (χ2n) is 4.66. The van der Waals surface area contributed by atoms with Crippen LogP contribution in [0, 0.1) is 0 Å². The molecule has 0 unspecified atom stereocenters. The summed E-state index contributed by atoms with van der Waals surface area (Å²) in [6.45, 7) is 0. The van der Waals surface area contributed by atoms with Gasteiger partial charge in [0.25, 0.3) is 0 Å². The van der Waals surface area contributed by atoms with E-state index in [9.17, 15) is 4.79 Å². The summed E-state index contributed by atoms with van der Waals surface area (Å²) in [7, 11) is 3.56. The van der Waals surface area contributed by atoms with Crippen molar-refractivity contribution in [3.63, 3.8) is 0 Å². The summed E-state index contributed by atoms with van der Waals surface area (Å²) in [4.78, 5) is 13.7. The van der Waals surface area contributed by atoms with Crippen molar-refractivity contribution in [2.45, 2.75) is 0 Å². The van der Waals surface area contributed by atoms with Crippen molar-refractivity contribution in [1.82, 2.24) is 4.90 Å². The van der Waals surface area contributed by atoms with Crippen LogP contribution in [0.5, 0.6) is 0 Å². The fourth-order valence-electron chi connectivity index (χ4n) is 1.64. The van der Waals surface area contributed by atoms with Gasteiger partial charge in [-0.05, 0) is 0 Å². The molecular formula is C17H16BrNOTe. The first kappa shape index (κ1) is 16.3. The number of halogens is 1. The van der Waals surface area contributed by atoms with Crippen LogP contribution in [0.2, 0.25) is 0 Å². The molecule has 0 saturated heterocycles. The van der Waals surface area contributed by atoms with Crippen molar-refractivity contribution >= 4 is 50.0 Å². The molecule has 0 aromatic heterocycles. The van der Waals surface area contributed by atoms with Crippen LogP contribution in [0.1, 0.15) is 5.56 Å². The monoisotopic (exact) mass is 459 g/mol. The number of hydrogen-bond donors (Lipinski definition) is 0. The van der Waals surface area contributed by atoms with E-state index >= 15 is 0 Å². The Morgan fingerprint density at radius 2 is 1.67 bits per heavy atom. The van der Waals surface area contributed by atoms with Crippen molar-refractivity contribution in [1.29, 1.82) is 0 Å². The second-order valence-corrected chi connectivity index (χ2v) is 8.76. The zero-order valence-electron chi connectivity index (χ0n) is 11.9. The van der Waals surface area contributed by atoms with Crippen molar-refractivity contribution in [2.24, 2.45) is 0 Å². The molecule has 2 nitrogen and oxygen atoms in total. The zero-order valence-corrected chi connectivity index (χ0v) is 15.8. The van der Waals surface area contributed by atoms with E-state index in [1.54, 1.807) is 25.1 Å². The van der Waals surface area contributed by atoms with Crippen LogP contribution < -0.4 is 3.61 Å². The Bertz CT molecular complexity index is 636. The molecule has 108 valence electrons. The first-order valence-corrected chi connectivity index (χ1v) is 9.60. The van der Waals surface area contributed by atoms with Gasteiger partial charge in [0.15, 0.2) is 0 Å². The molecule has 0 heterocycles. The van der Waals surface area contributed by atoms with E-state index < -0.39 is 20.9 Å². The Balaban J connectivity index is 2.34.